The number of nitrogens with two attached hydrogens (primary N) is 1. The third-order valence-electron chi connectivity index (χ3n) is 1.81. The zero-order valence-electron chi connectivity index (χ0n) is 7.17. The summed E-state index contributed by atoms with van der Waals surface area (Å²) in [7, 11) is 0. The first-order valence-corrected chi connectivity index (χ1v) is 4.28. The van der Waals surface area contributed by atoms with Crippen LogP contribution < -0.4 is 5.73 Å². The maximum Gasteiger partial charge on any atom is 0.183 e. The topological polar surface area (TPSA) is 63.3 Å². The van der Waals surface area contributed by atoms with Gasteiger partial charge in [-0.3, -0.25) is 4.79 Å². The van der Waals surface area contributed by atoms with Crippen LogP contribution in [0.3, 0.4) is 0 Å². The molecule has 70 valence electrons. The standard InChI is InChI=1S/C9H10ClNO2/c1-5-2-3-6(11)8(9(5)13)7(12)4-10/h2-3,13H,4,11H2,1H3. The largest absolute Gasteiger partial charge is 0.507 e. The highest BCUT2D eigenvalue weighted by atomic mass is 35.5. The van der Waals surface area contributed by atoms with Gasteiger partial charge in [-0.15, -0.1) is 11.6 Å². The second kappa shape index (κ2) is 3.66. The summed E-state index contributed by atoms with van der Waals surface area (Å²) >= 11 is 5.37. The van der Waals surface area contributed by atoms with Crippen LogP contribution >= 0.6 is 11.6 Å². The van der Waals surface area contributed by atoms with Gasteiger partial charge in [0.15, 0.2) is 5.78 Å². The van der Waals surface area contributed by atoms with Gasteiger partial charge in [0.25, 0.3) is 0 Å². The Bertz CT molecular complexity index is 350. The van der Waals surface area contributed by atoms with Crippen molar-refractivity contribution in [3.63, 3.8) is 0 Å². The number of halogens is 1. The molecule has 0 saturated carbocycles. The molecular weight excluding hydrogens is 190 g/mol. The Morgan fingerprint density at radius 2 is 2.23 bits per heavy atom. The molecule has 3 nitrogen and oxygen atoms in total. The number of phenols is 1. The zero-order valence-corrected chi connectivity index (χ0v) is 7.93. The maximum absolute atomic E-state index is 11.2. The van der Waals surface area contributed by atoms with Gasteiger partial charge in [0.2, 0.25) is 0 Å². The number of aromatic hydroxyl groups is 1. The van der Waals surface area contributed by atoms with Gasteiger partial charge in [-0.2, -0.15) is 0 Å². The number of Topliss-reactive ketones (excluding diaryl/α,β-unsaturated/α-hetero) is 1. The van der Waals surface area contributed by atoms with Gasteiger partial charge in [-0.05, 0) is 18.6 Å². The van der Waals surface area contributed by atoms with Crippen molar-refractivity contribution in [3.8, 4) is 5.75 Å². The average molecular weight is 200 g/mol. The predicted octanol–water partition coefficient (Wildman–Crippen LogP) is 1.70. The van der Waals surface area contributed by atoms with E-state index in [1.54, 1.807) is 19.1 Å². The normalized spacial score (nSPS) is 10.0. The molecule has 1 aromatic carbocycles. The van der Waals surface area contributed by atoms with E-state index in [1.165, 1.54) is 0 Å². The van der Waals surface area contributed by atoms with Crippen molar-refractivity contribution < 1.29 is 9.90 Å². The van der Waals surface area contributed by atoms with E-state index in [9.17, 15) is 9.90 Å². The van der Waals surface area contributed by atoms with E-state index in [0.29, 0.717) is 5.56 Å². The molecule has 0 spiro atoms. The average Bonchev–Trinajstić information content (AvgIpc) is 2.12. The quantitative estimate of drug-likeness (QED) is 0.433. The van der Waals surface area contributed by atoms with Gasteiger partial charge >= 0.3 is 0 Å². The van der Waals surface area contributed by atoms with Gasteiger partial charge in [0.05, 0.1) is 11.4 Å². The molecule has 0 fully saturated rings. The number of hydrogen-bond donors (Lipinski definition) is 2. The fraction of sp³-hybridized carbons (Fsp3) is 0.222. The number of anilines is 1. The molecule has 4 heteroatoms. The number of ketones is 1. The molecule has 0 aliphatic carbocycles. The SMILES string of the molecule is Cc1ccc(N)c(C(=O)CCl)c1O. The Balaban J connectivity index is 3.33. The molecule has 0 aromatic heterocycles. The van der Waals surface area contributed by atoms with Crippen molar-refractivity contribution in [2.45, 2.75) is 6.92 Å². The van der Waals surface area contributed by atoms with Crippen molar-refractivity contribution in [1.82, 2.24) is 0 Å². The molecule has 0 radical (unpaired) electrons. The molecule has 3 N–H and O–H groups in total. The number of rotatable bonds is 2. The van der Waals surface area contributed by atoms with Crippen molar-refractivity contribution >= 4 is 23.1 Å². The van der Waals surface area contributed by atoms with Gasteiger partial charge in [-0.25, -0.2) is 0 Å². The summed E-state index contributed by atoms with van der Waals surface area (Å²) in [6.07, 6.45) is 0. The van der Waals surface area contributed by atoms with Gasteiger partial charge in [0.1, 0.15) is 5.75 Å². The number of benzene rings is 1. The Labute approximate surface area is 81.1 Å². The summed E-state index contributed by atoms with van der Waals surface area (Å²) < 4.78 is 0. The highest BCUT2D eigenvalue weighted by Gasteiger charge is 2.15. The molecule has 0 aliphatic heterocycles. The molecule has 13 heavy (non-hydrogen) atoms. The van der Waals surface area contributed by atoms with Crippen LogP contribution in [0.5, 0.6) is 5.75 Å². The molecule has 0 heterocycles. The Kier molecular flexibility index (Phi) is 2.78. The van der Waals surface area contributed by atoms with Crippen molar-refractivity contribution in [2.75, 3.05) is 11.6 Å². The monoisotopic (exact) mass is 199 g/mol. The lowest BCUT2D eigenvalue weighted by molar-refractivity contribution is 0.101. The summed E-state index contributed by atoms with van der Waals surface area (Å²) in [4.78, 5) is 11.2. The lowest BCUT2D eigenvalue weighted by Crippen LogP contribution is -2.06. The zero-order chi connectivity index (χ0) is 10.0. The molecule has 0 bridgehead atoms. The number of carbonyl (C=O) groups excluding carboxylic acids is 1. The van der Waals surface area contributed by atoms with E-state index in [-0.39, 0.29) is 28.7 Å². The summed E-state index contributed by atoms with van der Waals surface area (Å²) in [5, 5.41) is 9.52. The smallest absolute Gasteiger partial charge is 0.183 e. The van der Waals surface area contributed by atoms with E-state index >= 15 is 0 Å². The predicted molar refractivity (Wildman–Crippen MR) is 52.3 cm³/mol. The lowest BCUT2D eigenvalue weighted by atomic mass is 10.0. The first kappa shape index (κ1) is 9.86. The minimum Gasteiger partial charge on any atom is -0.507 e. The number of phenolic OH excluding ortho intramolecular Hbond substituents is 1. The van der Waals surface area contributed by atoms with Gasteiger partial charge < -0.3 is 10.8 Å². The molecule has 0 saturated heterocycles. The second-order valence-electron chi connectivity index (χ2n) is 2.75. The molecule has 0 unspecified atom stereocenters. The van der Waals surface area contributed by atoms with Crippen LogP contribution in [-0.4, -0.2) is 16.8 Å². The Morgan fingerprint density at radius 1 is 1.62 bits per heavy atom. The highest BCUT2D eigenvalue weighted by Crippen LogP contribution is 2.27. The maximum atomic E-state index is 11.2. The molecule has 0 atom stereocenters. The third-order valence-corrected chi connectivity index (χ3v) is 2.05. The Hall–Kier alpha value is -1.22. The van der Waals surface area contributed by atoms with E-state index < -0.39 is 0 Å². The van der Waals surface area contributed by atoms with Crippen molar-refractivity contribution in [1.29, 1.82) is 0 Å². The first-order chi connectivity index (χ1) is 6.07. The van der Waals surface area contributed by atoms with Crippen LogP contribution in [0, 0.1) is 6.92 Å². The molecule has 1 aromatic rings. The highest BCUT2D eigenvalue weighted by molar-refractivity contribution is 6.31. The Morgan fingerprint density at radius 3 is 2.77 bits per heavy atom. The number of carbonyl (C=O) groups is 1. The second-order valence-corrected chi connectivity index (χ2v) is 3.02. The number of alkyl halides is 1. The minimum atomic E-state index is -0.361. The summed E-state index contributed by atoms with van der Waals surface area (Å²) in [5.41, 5.74) is 6.52. The van der Waals surface area contributed by atoms with Gasteiger partial charge in [-0.1, -0.05) is 6.07 Å². The van der Waals surface area contributed by atoms with E-state index in [1.807, 2.05) is 0 Å². The van der Waals surface area contributed by atoms with Crippen molar-refractivity contribution in [2.24, 2.45) is 0 Å². The molecule has 0 aliphatic rings. The number of aryl methyl sites for hydroxylation is 1. The molecule has 0 amide bonds. The first-order valence-electron chi connectivity index (χ1n) is 3.75. The minimum absolute atomic E-state index is 0.0781. The third kappa shape index (κ3) is 1.75. The van der Waals surface area contributed by atoms with Gasteiger partial charge in [0, 0.05) is 5.69 Å². The van der Waals surface area contributed by atoms with Crippen LogP contribution in [0.15, 0.2) is 12.1 Å². The fourth-order valence-electron chi connectivity index (χ4n) is 1.07. The number of hydrogen-bond acceptors (Lipinski definition) is 3. The lowest BCUT2D eigenvalue weighted by Gasteiger charge is -2.07. The fourth-order valence-corrected chi connectivity index (χ4v) is 1.20. The van der Waals surface area contributed by atoms with Crippen LogP contribution in [0.4, 0.5) is 5.69 Å². The van der Waals surface area contributed by atoms with Crippen molar-refractivity contribution in [3.05, 3.63) is 23.3 Å². The van der Waals surface area contributed by atoms with E-state index in [4.69, 9.17) is 17.3 Å². The summed E-state index contributed by atoms with van der Waals surface area (Å²) in [5.74, 6) is -0.618. The number of nitrogen functional groups attached to an aromatic ring is 1. The molecule has 1 rings (SSSR count). The summed E-state index contributed by atoms with van der Waals surface area (Å²) in [6.45, 7) is 1.69. The summed E-state index contributed by atoms with van der Waals surface area (Å²) in [6, 6.07) is 3.23. The van der Waals surface area contributed by atoms with Crippen LogP contribution in [0.25, 0.3) is 0 Å². The van der Waals surface area contributed by atoms with E-state index in [0.717, 1.165) is 0 Å². The van der Waals surface area contributed by atoms with Crippen LogP contribution in [0.2, 0.25) is 0 Å². The van der Waals surface area contributed by atoms with Crippen LogP contribution in [-0.2, 0) is 0 Å². The van der Waals surface area contributed by atoms with Crippen LogP contribution in [0.1, 0.15) is 15.9 Å². The molecular formula is C9H10ClNO2. The van der Waals surface area contributed by atoms with E-state index in [2.05, 4.69) is 0 Å².